The normalized spacial score (nSPS) is 10.8. The number of hydrogen-bond donors (Lipinski definition) is 1. The predicted molar refractivity (Wildman–Crippen MR) is 104 cm³/mol. The van der Waals surface area contributed by atoms with Crippen LogP contribution >= 0.6 is 22.7 Å². The lowest BCUT2D eigenvalue weighted by atomic mass is 10.1. The van der Waals surface area contributed by atoms with Gasteiger partial charge in [0.05, 0.1) is 23.6 Å². The molecule has 0 spiro atoms. The number of thiophene rings is 2. The Morgan fingerprint density at radius 1 is 1.31 bits per heavy atom. The minimum atomic E-state index is -0.532. The lowest BCUT2D eigenvalue weighted by Gasteiger charge is -2.15. The van der Waals surface area contributed by atoms with Crippen molar-refractivity contribution in [2.24, 2.45) is 0 Å². The first-order valence-electron chi connectivity index (χ1n) is 8.14. The van der Waals surface area contributed by atoms with Crippen LogP contribution in [-0.2, 0) is 16.1 Å². The molecule has 2 heterocycles. The van der Waals surface area contributed by atoms with E-state index in [1.54, 1.807) is 25.2 Å². The molecular formula is C18H22N2O4S2. The minimum absolute atomic E-state index is 0.145. The SMILES string of the molecule is CCOC(=O)c1c(NC(=O)CN(C)Cc2ccsc2)sc(C(C)=O)c1C. The van der Waals surface area contributed by atoms with E-state index in [-0.39, 0.29) is 30.4 Å². The number of hydrogen-bond acceptors (Lipinski definition) is 7. The Labute approximate surface area is 160 Å². The summed E-state index contributed by atoms with van der Waals surface area (Å²) in [4.78, 5) is 38.8. The molecule has 0 saturated carbocycles. The second kappa shape index (κ2) is 9.07. The van der Waals surface area contributed by atoms with Crippen molar-refractivity contribution >= 4 is 45.3 Å². The van der Waals surface area contributed by atoms with Gasteiger partial charge in [0, 0.05) is 6.54 Å². The standard InChI is InChI=1S/C18H22N2O4S2/c1-5-24-18(23)15-11(2)16(12(3)21)26-17(15)19-14(22)9-20(4)8-13-6-7-25-10-13/h6-7,10H,5,8-9H2,1-4H3,(H,19,22). The number of carbonyl (C=O) groups excluding carboxylic acids is 3. The number of likely N-dealkylation sites (N-methyl/N-ethyl adjacent to an activating group) is 1. The van der Waals surface area contributed by atoms with Crippen LogP contribution in [0.25, 0.3) is 0 Å². The van der Waals surface area contributed by atoms with Crippen molar-refractivity contribution in [1.29, 1.82) is 0 Å². The van der Waals surface area contributed by atoms with E-state index in [2.05, 4.69) is 5.32 Å². The van der Waals surface area contributed by atoms with Crippen molar-refractivity contribution in [1.82, 2.24) is 4.90 Å². The van der Waals surface area contributed by atoms with Crippen molar-refractivity contribution in [3.05, 3.63) is 38.4 Å². The first-order chi connectivity index (χ1) is 12.3. The minimum Gasteiger partial charge on any atom is -0.462 e. The molecule has 2 aromatic rings. The number of ketones is 1. The smallest absolute Gasteiger partial charge is 0.341 e. The average Bonchev–Trinajstić information content (AvgIpc) is 3.15. The summed E-state index contributed by atoms with van der Waals surface area (Å²) in [5, 5.41) is 7.15. The van der Waals surface area contributed by atoms with Crippen molar-refractivity contribution in [3.8, 4) is 0 Å². The number of Topliss-reactive ketones (excluding diaryl/α,β-unsaturated/α-hetero) is 1. The molecule has 26 heavy (non-hydrogen) atoms. The molecule has 1 amide bonds. The Morgan fingerprint density at radius 2 is 2.04 bits per heavy atom. The highest BCUT2D eigenvalue weighted by atomic mass is 32.1. The molecule has 0 saturated heterocycles. The Balaban J connectivity index is 2.13. The maximum Gasteiger partial charge on any atom is 0.341 e. The molecule has 0 aliphatic carbocycles. The van der Waals surface area contributed by atoms with Crippen molar-refractivity contribution in [2.45, 2.75) is 27.3 Å². The second-order valence-corrected chi connectivity index (χ2v) is 7.69. The quantitative estimate of drug-likeness (QED) is 0.547. The lowest BCUT2D eigenvalue weighted by Crippen LogP contribution is -2.30. The van der Waals surface area contributed by atoms with Crippen LogP contribution in [0.1, 0.15) is 45.0 Å². The van der Waals surface area contributed by atoms with E-state index in [0.29, 0.717) is 22.0 Å². The Bertz CT molecular complexity index is 796. The van der Waals surface area contributed by atoms with Gasteiger partial charge in [0.25, 0.3) is 0 Å². The first-order valence-corrected chi connectivity index (χ1v) is 9.90. The summed E-state index contributed by atoms with van der Waals surface area (Å²) in [7, 11) is 1.85. The molecule has 0 fully saturated rings. The molecule has 0 bridgehead atoms. The Kier molecular flexibility index (Phi) is 7.07. The zero-order valence-electron chi connectivity index (χ0n) is 15.3. The van der Waals surface area contributed by atoms with Gasteiger partial charge >= 0.3 is 5.97 Å². The fraction of sp³-hybridized carbons (Fsp3) is 0.389. The van der Waals surface area contributed by atoms with E-state index in [1.807, 2.05) is 28.8 Å². The van der Waals surface area contributed by atoms with Crippen LogP contribution in [0.2, 0.25) is 0 Å². The third-order valence-electron chi connectivity index (χ3n) is 3.65. The number of amides is 1. The average molecular weight is 395 g/mol. The largest absolute Gasteiger partial charge is 0.462 e. The summed E-state index contributed by atoms with van der Waals surface area (Å²) in [6.07, 6.45) is 0. The highest BCUT2D eigenvalue weighted by Crippen LogP contribution is 2.34. The highest BCUT2D eigenvalue weighted by molar-refractivity contribution is 7.18. The van der Waals surface area contributed by atoms with E-state index >= 15 is 0 Å². The fourth-order valence-corrected chi connectivity index (χ4v) is 4.31. The summed E-state index contributed by atoms with van der Waals surface area (Å²) in [5.41, 5.74) is 1.95. The zero-order valence-corrected chi connectivity index (χ0v) is 16.9. The maximum atomic E-state index is 12.4. The van der Waals surface area contributed by atoms with Crippen molar-refractivity contribution in [2.75, 3.05) is 25.5 Å². The van der Waals surface area contributed by atoms with E-state index in [0.717, 1.165) is 16.9 Å². The fourth-order valence-electron chi connectivity index (χ4n) is 2.55. The van der Waals surface area contributed by atoms with Gasteiger partial charge in [-0.3, -0.25) is 14.5 Å². The molecule has 0 atom stereocenters. The van der Waals surface area contributed by atoms with Crippen molar-refractivity contribution < 1.29 is 19.1 Å². The number of carbonyl (C=O) groups is 3. The molecule has 0 unspecified atom stereocenters. The summed E-state index contributed by atoms with van der Waals surface area (Å²) >= 11 is 2.72. The molecule has 0 aliphatic rings. The second-order valence-electron chi connectivity index (χ2n) is 5.89. The van der Waals surface area contributed by atoms with Gasteiger partial charge in [-0.05, 0) is 55.8 Å². The molecule has 0 aliphatic heterocycles. The Morgan fingerprint density at radius 3 is 2.62 bits per heavy atom. The van der Waals surface area contributed by atoms with Gasteiger partial charge in [-0.25, -0.2) is 4.79 Å². The first kappa shape index (κ1) is 20.3. The van der Waals surface area contributed by atoms with Gasteiger partial charge in [0.1, 0.15) is 5.00 Å². The Hall–Kier alpha value is -2.03. The molecule has 1 N–H and O–H groups in total. The van der Waals surface area contributed by atoms with Crippen LogP contribution in [-0.4, -0.2) is 42.8 Å². The molecule has 0 aromatic carbocycles. The summed E-state index contributed by atoms with van der Waals surface area (Å²) in [6.45, 7) is 5.89. The van der Waals surface area contributed by atoms with Gasteiger partial charge in [-0.15, -0.1) is 11.3 Å². The van der Waals surface area contributed by atoms with Crippen LogP contribution < -0.4 is 5.32 Å². The highest BCUT2D eigenvalue weighted by Gasteiger charge is 2.25. The van der Waals surface area contributed by atoms with Gasteiger partial charge in [0.2, 0.25) is 5.91 Å². The van der Waals surface area contributed by atoms with E-state index < -0.39 is 5.97 Å². The van der Waals surface area contributed by atoms with Crippen LogP contribution in [0.4, 0.5) is 5.00 Å². The van der Waals surface area contributed by atoms with E-state index in [1.165, 1.54) is 6.92 Å². The topological polar surface area (TPSA) is 75.7 Å². The molecule has 140 valence electrons. The molecule has 2 rings (SSSR count). The van der Waals surface area contributed by atoms with Crippen LogP contribution in [0.5, 0.6) is 0 Å². The third kappa shape index (κ3) is 5.00. The van der Waals surface area contributed by atoms with E-state index in [4.69, 9.17) is 4.74 Å². The van der Waals surface area contributed by atoms with Crippen LogP contribution in [0, 0.1) is 6.92 Å². The third-order valence-corrected chi connectivity index (χ3v) is 5.69. The van der Waals surface area contributed by atoms with E-state index in [9.17, 15) is 14.4 Å². The van der Waals surface area contributed by atoms with Crippen LogP contribution in [0.15, 0.2) is 16.8 Å². The summed E-state index contributed by atoms with van der Waals surface area (Å²) < 4.78 is 5.07. The number of esters is 1. The lowest BCUT2D eigenvalue weighted by molar-refractivity contribution is -0.117. The number of ether oxygens (including phenoxy) is 1. The predicted octanol–water partition coefficient (Wildman–Crippen LogP) is 3.57. The number of anilines is 1. The van der Waals surface area contributed by atoms with Crippen molar-refractivity contribution in [3.63, 3.8) is 0 Å². The van der Waals surface area contributed by atoms with Gasteiger partial charge in [-0.2, -0.15) is 11.3 Å². The maximum absolute atomic E-state index is 12.4. The summed E-state index contributed by atoms with van der Waals surface area (Å²) in [6, 6.07) is 2.01. The zero-order chi connectivity index (χ0) is 19.3. The van der Waals surface area contributed by atoms with Gasteiger partial charge in [-0.1, -0.05) is 0 Å². The molecule has 2 aromatic heterocycles. The molecule has 0 radical (unpaired) electrons. The monoisotopic (exact) mass is 394 g/mol. The molecular weight excluding hydrogens is 372 g/mol. The summed E-state index contributed by atoms with van der Waals surface area (Å²) in [5.74, 6) is -0.923. The van der Waals surface area contributed by atoms with Gasteiger partial charge in [0.15, 0.2) is 5.78 Å². The number of nitrogens with zero attached hydrogens (tertiary/aromatic N) is 1. The molecule has 8 heteroatoms. The van der Waals surface area contributed by atoms with Crippen LogP contribution in [0.3, 0.4) is 0 Å². The van der Waals surface area contributed by atoms with Gasteiger partial charge < -0.3 is 10.1 Å². The molecule has 6 nitrogen and oxygen atoms in total. The number of nitrogens with one attached hydrogen (secondary N) is 1. The number of rotatable bonds is 8.